The number of aromatic nitrogens is 2. The fourth-order valence-electron chi connectivity index (χ4n) is 2.34. The Hall–Kier alpha value is -2.88. The quantitative estimate of drug-likeness (QED) is 0.544. The van der Waals surface area contributed by atoms with Gasteiger partial charge < -0.3 is 8.82 Å². The number of hydrogen-bond donors (Lipinski definition) is 0. The van der Waals surface area contributed by atoms with Crippen molar-refractivity contribution >= 4 is 5.65 Å². The molecule has 0 amide bonds. The molecule has 0 spiro atoms. The number of fused-ring (bicyclic) bond motifs is 1. The van der Waals surface area contributed by atoms with Crippen LogP contribution in [0.3, 0.4) is 0 Å². The van der Waals surface area contributed by atoms with Crippen LogP contribution < -0.4 is 0 Å². The van der Waals surface area contributed by atoms with Gasteiger partial charge in [-0.25, -0.2) is 9.37 Å². The first-order valence-corrected chi connectivity index (χ1v) is 6.58. The van der Waals surface area contributed by atoms with Crippen LogP contribution in [0.5, 0.6) is 0 Å². The average molecular weight is 278 g/mol. The zero-order valence-corrected chi connectivity index (χ0v) is 11.0. The average Bonchev–Trinajstić information content (AvgIpc) is 3.16. The van der Waals surface area contributed by atoms with Crippen LogP contribution in [0.15, 0.2) is 71.6 Å². The number of nitrogens with zero attached hydrogens (tertiary/aromatic N) is 2. The number of halogens is 1. The molecule has 1 aromatic carbocycles. The summed E-state index contributed by atoms with van der Waals surface area (Å²) >= 11 is 0. The predicted molar refractivity (Wildman–Crippen MR) is 78.3 cm³/mol. The lowest BCUT2D eigenvalue weighted by atomic mass is 10.2. The molecule has 3 heterocycles. The Balaban J connectivity index is 1.81. The molecule has 0 fully saturated rings. The topological polar surface area (TPSA) is 30.4 Å². The smallest absolute Gasteiger partial charge is 0.137 e. The molecule has 4 aromatic rings. The van der Waals surface area contributed by atoms with Gasteiger partial charge >= 0.3 is 0 Å². The van der Waals surface area contributed by atoms with Gasteiger partial charge in [0, 0.05) is 23.5 Å². The van der Waals surface area contributed by atoms with Crippen LogP contribution in [-0.2, 0) is 0 Å². The third-order valence-corrected chi connectivity index (χ3v) is 3.40. The van der Waals surface area contributed by atoms with Gasteiger partial charge in [-0.2, -0.15) is 0 Å². The molecule has 0 aliphatic heterocycles. The van der Waals surface area contributed by atoms with Crippen molar-refractivity contribution in [2.45, 2.75) is 0 Å². The van der Waals surface area contributed by atoms with Crippen LogP contribution in [0.25, 0.3) is 28.2 Å². The van der Waals surface area contributed by atoms with Gasteiger partial charge in [0.05, 0.1) is 12.0 Å². The van der Waals surface area contributed by atoms with Crippen LogP contribution in [0.1, 0.15) is 0 Å². The highest BCUT2D eigenvalue weighted by Gasteiger charge is 2.07. The Morgan fingerprint density at radius 3 is 2.48 bits per heavy atom. The molecule has 0 N–H and O–H groups in total. The molecule has 0 aliphatic carbocycles. The lowest BCUT2D eigenvalue weighted by Gasteiger charge is -1.97. The normalized spacial score (nSPS) is 11.1. The second-order valence-electron chi connectivity index (χ2n) is 4.79. The Kier molecular flexibility index (Phi) is 2.60. The highest BCUT2D eigenvalue weighted by atomic mass is 19.1. The largest absolute Gasteiger partial charge is 0.464 e. The first-order chi connectivity index (χ1) is 10.3. The molecule has 0 radical (unpaired) electrons. The Bertz CT molecular complexity index is 892. The molecule has 0 atom stereocenters. The SMILES string of the molecule is Fc1ccc(-c2cn3cc(-c4ccco4)ccc3n2)cc1. The van der Waals surface area contributed by atoms with E-state index in [1.54, 1.807) is 18.4 Å². The fraction of sp³-hybridized carbons (Fsp3) is 0. The highest BCUT2D eigenvalue weighted by molar-refractivity contribution is 5.65. The van der Waals surface area contributed by atoms with E-state index in [1.807, 2.05) is 41.1 Å². The molecule has 4 heteroatoms. The number of imidazole rings is 1. The number of hydrogen-bond acceptors (Lipinski definition) is 2. The third-order valence-electron chi connectivity index (χ3n) is 3.40. The minimum Gasteiger partial charge on any atom is -0.464 e. The van der Waals surface area contributed by atoms with E-state index in [9.17, 15) is 4.39 Å². The second-order valence-corrected chi connectivity index (χ2v) is 4.79. The van der Waals surface area contributed by atoms with Crippen molar-refractivity contribution < 1.29 is 8.81 Å². The Morgan fingerprint density at radius 1 is 0.905 bits per heavy atom. The van der Waals surface area contributed by atoms with Crippen molar-refractivity contribution in [1.29, 1.82) is 0 Å². The standard InChI is InChI=1S/C17H11FN2O/c18-14-6-3-12(4-7-14)15-11-20-10-13(5-8-17(20)19-15)16-2-1-9-21-16/h1-11H. The summed E-state index contributed by atoms with van der Waals surface area (Å²) in [6, 6.07) is 14.0. The maximum atomic E-state index is 13.0. The second kappa shape index (κ2) is 4.59. The molecule has 0 bridgehead atoms. The van der Waals surface area contributed by atoms with Gasteiger partial charge in [0.15, 0.2) is 0 Å². The molecule has 0 unspecified atom stereocenters. The van der Waals surface area contributed by atoms with E-state index in [1.165, 1.54) is 12.1 Å². The first-order valence-electron chi connectivity index (χ1n) is 6.58. The molecular weight excluding hydrogens is 267 g/mol. The van der Waals surface area contributed by atoms with Gasteiger partial charge in [-0.15, -0.1) is 0 Å². The van der Waals surface area contributed by atoms with Crippen LogP contribution >= 0.6 is 0 Å². The summed E-state index contributed by atoms with van der Waals surface area (Å²) in [4.78, 5) is 4.54. The minimum atomic E-state index is -0.248. The lowest BCUT2D eigenvalue weighted by molar-refractivity contribution is 0.582. The zero-order chi connectivity index (χ0) is 14.2. The fourth-order valence-corrected chi connectivity index (χ4v) is 2.34. The summed E-state index contributed by atoms with van der Waals surface area (Å²) in [5.41, 5.74) is 3.52. The monoisotopic (exact) mass is 278 g/mol. The summed E-state index contributed by atoms with van der Waals surface area (Å²) in [5, 5.41) is 0. The highest BCUT2D eigenvalue weighted by Crippen LogP contribution is 2.23. The Labute approximate surface area is 120 Å². The van der Waals surface area contributed by atoms with E-state index in [-0.39, 0.29) is 5.82 Å². The summed E-state index contributed by atoms with van der Waals surface area (Å²) in [7, 11) is 0. The van der Waals surface area contributed by atoms with Gasteiger partial charge in [0.2, 0.25) is 0 Å². The van der Waals surface area contributed by atoms with Crippen LogP contribution in [0.4, 0.5) is 4.39 Å². The van der Waals surface area contributed by atoms with E-state index in [0.29, 0.717) is 0 Å². The van der Waals surface area contributed by atoms with Gasteiger partial charge in [-0.1, -0.05) is 0 Å². The van der Waals surface area contributed by atoms with Crippen molar-refractivity contribution in [3.63, 3.8) is 0 Å². The van der Waals surface area contributed by atoms with E-state index < -0.39 is 0 Å². The van der Waals surface area contributed by atoms with Crippen LogP contribution in [0.2, 0.25) is 0 Å². The van der Waals surface area contributed by atoms with E-state index >= 15 is 0 Å². The van der Waals surface area contributed by atoms with E-state index in [0.717, 1.165) is 28.2 Å². The van der Waals surface area contributed by atoms with Crippen molar-refractivity contribution in [3.8, 4) is 22.6 Å². The molecule has 0 aliphatic rings. The molecule has 21 heavy (non-hydrogen) atoms. The number of pyridine rings is 1. The molecule has 0 saturated heterocycles. The minimum absolute atomic E-state index is 0.248. The first kappa shape index (κ1) is 11.9. The summed E-state index contributed by atoms with van der Waals surface area (Å²) in [6.45, 7) is 0. The number of rotatable bonds is 2. The van der Waals surface area contributed by atoms with Crippen molar-refractivity contribution in [2.24, 2.45) is 0 Å². The molecular formula is C17H11FN2O. The van der Waals surface area contributed by atoms with Crippen LogP contribution in [0, 0.1) is 5.82 Å². The zero-order valence-electron chi connectivity index (χ0n) is 11.0. The number of benzene rings is 1. The van der Waals surface area contributed by atoms with Gasteiger partial charge in [-0.05, 0) is 48.5 Å². The van der Waals surface area contributed by atoms with Crippen LogP contribution in [-0.4, -0.2) is 9.38 Å². The molecule has 4 rings (SSSR count). The number of furan rings is 1. The van der Waals surface area contributed by atoms with Gasteiger partial charge in [-0.3, -0.25) is 0 Å². The van der Waals surface area contributed by atoms with Crippen molar-refractivity contribution in [2.75, 3.05) is 0 Å². The van der Waals surface area contributed by atoms with Gasteiger partial charge in [0.1, 0.15) is 17.2 Å². The third kappa shape index (κ3) is 2.10. The van der Waals surface area contributed by atoms with Crippen molar-refractivity contribution in [1.82, 2.24) is 9.38 Å². The van der Waals surface area contributed by atoms with E-state index in [2.05, 4.69) is 4.98 Å². The lowest BCUT2D eigenvalue weighted by Crippen LogP contribution is -1.83. The molecule has 3 aromatic heterocycles. The summed E-state index contributed by atoms with van der Waals surface area (Å²) in [5.74, 6) is 0.566. The van der Waals surface area contributed by atoms with Gasteiger partial charge in [0.25, 0.3) is 0 Å². The summed E-state index contributed by atoms with van der Waals surface area (Å²) in [6.07, 6.45) is 5.54. The molecule has 102 valence electrons. The Morgan fingerprint density at radius 2 is 1.71 bits per heavy atom. The molecule has 3 nitrogen and oxygen atoms in total. The summed E-state index contributed by atoms with van der Waals surface area (Å²) < 4.78 is 20.3. The molecule has 0 saturated carbocycles. The predicted octanol–water partition coefficient (Wildman–Crippen LogP) is 4.40. The van der Waals surface area contributed by atoms with E-state index in [4.69, 9.17) is 4.42 Å². The van der Waals surface area contributed by atoms with Crippen molar-refractivity contribution in [3.05, 3.63) is 73.0 Å². The maximum absolute atomic E-state index is 13.0. The maximum Gasteiger partial charge on any atom is 0.137 e.